The number of carbonyl (C=O) groups is 1. The SMILES string of the molecule is COc1ccc([C@H]2C[C@H](C(F)(F)F)n3nc(C(=O)Nc4cccc(Cl)c4Cl)c(Cl)c3N2)cc1OC. The van der Waals surface area contributed by atoms with Gasteiger partial charge in [0.2, 0.25) is 0 Å². The van der Waals surface area contributed by atoms with Crippen molar-refractivity contribution in [1.82, 2.24) is 9.78 Å². The molecule has 0 radical (unpaired) electrons. The maximum Gasteiger partial charge on any atom is 0.410 e. The van der Waals surface area contributed by atoms with Gasteiger partial charge < -0.3 is 20.1 Å². The lowest BCUT2D eigenvalue weighted by Crippen LogP contribution is -2.35. The maximum absolute atomic E-state index is 14.1. The molecule has 7 nitrogen and oxygen atoms in total. The van der Waals surface area contributed by atoms with E-state index in [-0.39, 0.29) is 26.6 Å². The lowest BCUT2D eigenvalue weighted by molar-refractivity contribution is -0.173. The number of carbonyl (C=O) groups excluding carboxylic acids is 1. The van der Waals surface area contributed by atoms with Crippen LogP contribution in [0.1, 0.15) is 34.6 Å². The Morgan fingerprint density at radius 3 is 2.49 bits per heavy atom. The zero-order valence-corrected chi connectivity index (χ0v) is 20.5. The molecule has 0 spiro atoms. The molecule has 0 saturated heterocycles. The Hall–Kier alpha value is -2.82. The number of hydrogen-bond donors (Lipinski definition) is 2. The highest BCUT2D eigenvalue weighted by molar-refractivity contribution is 6.44. The van der Waals surface area contributed by atoms with E-state index in [2.05, 4.69) is 15.7 Å². The van der Waals surface area contributed by atoms with Gasteiger partial charge in [-0.15, -0.1) is 0 Å². The number of rotatable bonds is 5. The molecule has 2 heterocycles. The molecule has 1 aliphatic rings. The summed E-state index contributed by atoms with van der Waals surface area (Å²) < 4.78 is 53.3. The van der Waals surface area contributed by atoms with Crippen LogP contribution in [0, 0.1) is 0 Å². The van der Waals surface area contributed by atoms with Gasteiger partial charge in [-0.05, 0) is 29.8 Å². The molecule has 0 aliphatic carbocycles. The third kappa shape index (κ3) is 4.82. The summed E-state index contributed by atoms with van der Waals surface area (Å²) in [6.45, 7) is 0. The van der Waals surface area contributed by atoms with Gasteiger partial charge >= 0.3 is 6.18 Å². The number of amides is 1. The van der Waals surface area contributed by atoms with Crippen LogP contribution in [0.4, 0.5) is 24.7 Å². The average Bonchev–Trinajstić information content (AvgIpc) is 3.16. The van der Waals surface area contributed by atoms with E-state index in [1.165, 1.54) is 26.4 Å². The third-order valence-electron chi connectivity index (χ3n) is 5.52. The molecule has 2 aromatic carbocycles. The molecule has 3 aromatic rings. The van der Waals surface area contributed by atoms with Gasteiger partial charge in [0.05, 0.1) is 36.0 Å². The summed E-state index contributed by atoms with van der Waals surface area (Å²) in [6, 6.07) is 6.53. The Labute approximate surface area is 213 Å². The van der Waals surface area contributed by atoms with E-state index in [1.807, 2.05) is 0 Å². The number of nitrogens with one attached hydrogen (secondary N) is 2. The van der Waals surface area contributed by atoms with Crippen LogP contribution in [-0.2, 0) is 0 Å². The molecule has 0 unspecified atom stereocenters. The van der Waals surface area contributed by atoms with Crippen LogP contribution in [0.15, 0.2) is 36.4 Å². The lowest BCUT2D eigenvalue weighted by atomic mass is 9.96. The molecule has 2 atom stereocenters. The molecule has 1 aliphatic heterocycles. The van der Waals surface area contributed by atoms with E-state index in [9.17, 15) is 18.0 Å². The van der Waals surface area contributed by atoms with Crippen molar-refractivity contribution < 1.29 is 27.4 Å². The highest BCUT2D eigenvalue weighted by atomic mass is 35.5. The van der Waals surface area contributed by atoms with Gasteiger partial charge in [0.15, 0.2) is 23.2 Å². The van der Waals surface area contributed by atoms with Gasteiger partial charge in [0, 0.05) is 6.42 Å². The van der Waals surface area contributed by atoms with E-state index in [4.69, 9.17) is 44.3 Å². The number of anilines is 2. The van der Waals surface area contributed by atoms with Crippen molar-refractivity contribution in [3.63, 3.8) is 0 Å². The van der Waals surface area contributed by atoms with Crippen LogP contribution in [-0.4, -0.2) is 36.1 Å². The number of halogens is 6. The molecule has 35 heavy (non-hydrogen) atoms. The van der Waals surface area contributed by atoms with Gasteiger partial charge in [-0.25, -0.2) is 4.68 Å². The first-order valence-corrected chi connectivity index (χ1v) is 11.3. The Morgan fingerprint density at radius 1 is 1.11 bits per heavy atom. The highest BCUT2D eigenvalue weighted by Gasteiger charge is 2.48. The molecular weight excluding hydrogens is 532 g/mol. The Morgan fingerprint density at radius 2 is 1.83 bits per heavy atom. The van der Waals surface area contributed by atoms with Crippen molar-refractivity contribution in [2.45, 2.75) is 24.7 Å². The quantitative estimate of drug-likeness (QED) is 0.367. The second-order valence-corrected chi connectivity index (χ2v) is 8.78. The summed E-state index contributed by atoms with van der Waals surface area (Å²) in [6.07, 6.45) is -5.06. The predicted molar refractivity (Wildman–Crippen MR) is 127 cm³/mol. The molecule has 0 fully saturated rings. The van der Waals surface area contributed by atoms with Crippen LogP contribution in [0.2, 0.25) is 15.1 Å². The first-order chi connectivity index (χ1) is 16.5. The fourth-order valence-electron chi connectivity index (χ4n) is 3.80. The molecule has 186 valence electrons. The van der Waals surface area contributed by atoms with Gasteiger partial charge in [0.1, 0.15) is 10.8 Å². The monoisotopic (exact) mass is 548 g/mol. The Balaban J connectivity index is 1.72. The second kappa shape index (κ2) is 9.67. The summed E-state index contributed by atoms with van der Waals surface area (Å²) in [4.78, 5) is 12.9. The second-order valence-electron chi connectivity index (χ2n) is 7.62. The fraction of sp³-hybridized carbons (Fsp3) is 0.273. The van der Waals surface area contributed by atoms with Crippen LogP contribution >= 0.6 is 34.8 Å². The van der Waals surface area contributed by atoms with Crippen molar-refractivity contribution in [1.29, 1.82) is 0 Å². The van der Waals surface area contributed by atoms with E-state index >= 15 is 0 Å². The minimum absolute atomic E-state index is 0.0717. The van der Waals surface area contributed by atoms with E-state index in [0.29, 0.717) is 21.7 Å². The molecule has 1 aromatic heterocycles. The van der Waals surface area contributed by atoms with E-state index < -0.39 is 36.3 Å². The van der Waals surface area contributed by atoms with Crippen molar-refractivity contribution in [3.8, 4) is 11.5 Å². The topological polar surface area (TPSA) is 77.4 Å². The number of alkyl halides is 3. The minimum Gasteiger partial charge on any atom is -0.493 e. The van der Waals surface area contributed by atoms with Crippen molar-refractivity contribution in [2.75, 3.05) is 24.9 Å². The van der Waals surface area contributed by atoms with Crippen LogP contribution in [0.3, 0.4) is 0 Å². The van der Waals surface area contributed by atoms with E-state index in [0.717, 1.165) is 0 Å². The third-order valence-corrected chi connectivity index (χ3v) is 6.70. The number of nitrogens with zero attached hydrogens (tertiary/aromatic N) is 2. The minimum atomic E-state index is -4.66. The lowest BCUT2D eigenvalue weighted by Gasteiger charge is -2.33. The normalized spacial score (nSPS) is 17.4. The maximum atomic E-state index is 14.1. The number of hydrogen-bond acceptors (Lipinski definition) is 5. The molecule has 13 heteroatoms. The van der Waals surface area contributed by atoms with Crippen LogP contribution in [0.25, 0.3) is 0 Å². The summed E-state index contributed by atoms with van der Waals surface area (Å²) >= 11 is 18.4. The standard InChI is InChI=1S/C22H18Cl3F3N4O3/c1-34-14-7-6-10(8-15(14)35-2)13-9-16(22(26,27)28)32-20(29-13)18(25)19(31-32)21(33)30-12-5-3-4-11(23)17(12)24/h3-8,13,16,29H,9H2,1-2H3,(H,30,33)/t13-,16-/m1/s1. The van der Waals surface area contributed by atoms with Gasteiger partial charge in [-0.2, -0.15) is 18.3 Å². The summed E-state index contributed by atoms with van der Waals surface area (Å²) in [5.74, 6) is -0.186. The molecule has 2 N–H and O–H groups in total. The van der Waals surface area contributed by atoms with Crippen LogP contribution < -0.4 is 20.1 Å². The van der Waals surface area contributed by atoms with Gasteiger partial charge in [0.25, 0.3) is 5.91 Å². The fourth-order valence-corrected chi connectivity index (χ4v) is 4.42. The number of benzene rings is 2. The Kier molecular flexibility index (Phi) is 6.99. The number of fused-ring (bicyclic) bond motifs is 1. The predicted octanol–water partition coefficient (Wildman–Crippen LogP) is 6.77. The van der Waals surface area contributed by atoms with E-state index in [1.54, 1.807) is 24.3 Å². The highest BCUT2D eigenvalue weighted by Crippen LogP contribution is 2.47. The molecule has 0 bridgehead atoms. The number of ether oxygens (including phenoxy) is 2. The first kappa shape index (κ1) is 25.3. The number of methoxy groups -OCH3 is 2. The Bertz CT molecular complexity index is 1280. The molecular formula is C22H18Cl3F3N4O3. The summed E-state index contributed by atoms with van der Waals surface area (Å²) in [5.41, 5.74) is 0.277. The van der Waals surface area contributed by atoms with Crippen molar-refractivity contribution in [2.24, 2.45) is 0 Å². The van der Waals surface area contributed by atoms with Crippen molar-refractivity contribution in [3.05, 3.63) is 62.7 Å². The van der Waals surface area contributed by atoms with Gasteiger partial charge in [-0.1, -0.05) is 46.9 Å². The summed E-state index contributed by atoms with van der Waals surface area (Å²) in [7, 11) is 2.88. The summed E-state index contributed by atoms with van der Waals surface area (Å²) in [5, 5.41) is 9.37. The number of aromatic nitrogens is 2. The van der Waals surface area contributed by atoms with Crippen LogP contribution in [0.5, 0.6) is 11.5 Å². The molecule has 1 amide bonds. The first-order valence-electron chi connectivity index (χ1n) is 10.1. The zero-order valence-electron chi connectivity index (χ0n) is 18.2. The molecule has 4 rings (SSSR count). The molecule has 0 saturated carbocycles. The van der Waals surface area contributed by atoms with Gasteiger partial charge in [-0.3, -0.25) is 4.79 Å². The smallest absolute Gasteiger partial charge is 0.410 e. The van der Waals surface area contributed by atoms with Crippen molar-refractivity contribution >= 4 is 52.2 Å². The average molecular weight is 550 g/mol. The zero-order chi connectivity index (χ0) is 25.5. The largest absolute Gasteiger partial charge is 0.493 e.